The van der Waals surface area contributed by atoms with E-state index in [9.17, 15) is 4.79 Å². The Morgan fingerprint density at radius 3 is 3.05 bits per heavy atom. The van der Waals surface area contributed by atoms with Crippen LogP contribution in [0.1, 0.15) is 12.5 Å². The first-order valence-corrected chi connectivity index (χ1v) is 6.85. The highest BCUT2D eigenvalue weighted by Gasteiger charge is 2.23. The van der Waals surface area contributed by atoms with E-state index in [1.807, 2.05) is 24.8 Å². The summed E-state index contributed by atoms with van der Waals surface area (Å²) >= 11 is 5.88. The predicted molar refractivity (Wildman–Crippen MR) is 75.7 cm³/mol. The minimum Gasteiger partial charge on any atom is -0.483 e. The van der Waals surface area contributed by atoms with Gasteiger partial charge in [0.25, 0.3) is 5.91 Å². The predicted octanol–water partition coefficient (Wildman–Crippen LogP) is 1.85. The van der Waals surface area contributed by atoms with Gasteiger partial charge in [-0.2, -0.15) is 0 Å². The molecular weight excluding hydrogens is 264 g/mol. The zero-order valence-corrected chi connectivity index (χ0v) is 12.0. The molecule has 0 saturated carbocycles. The minimum absolute atomic E-state index is 0.0309. The molecule has 1 aromatic rings. The number of piperazine rings is 1. The van der Waals surface area contributed by atoms with Crippen molar-refractivity contribution in [1.82, 2.24) is 10.2 Å². The van der Waals surface area contributed by atoms with Crippen LogP contribution in [0.4, 0.5) is 0 Å². The highest BCUT2D eigenvalue weighted by molar-refractivity contribution is 6.30. The highest BCUT2D eigenvalue weighted by atomic mass is 35.5. The molecule has 0 unspecified atom stereocenters. The molecule has 1 heterocycles. The van der Waals surface area contributed by atoms with Crippen LogP contribution in [0.3, 0.4) is 0 Å². The van der Waals surface area contributed by atoms with E-state index < -0.39 is 0 Å². The Kier molecular flexibility index (Phi) is 4.66. The molecule has 1 atom stereocenters. The average Bonchev–Trinajstić information content (AvgIpc) is 2.38. The average molecular weight is 283 g/mol. The van der Waals surface area contributed by atoms with Crippen LogP contribution in [0.15, 0.2) is 18.2 Å². The summed E-state index contributed by atoms with van der Waals surface area (Å²) in [4.78, 5) is 14.0. The molecule has 1 fully saturated rings. The molecule has 1 aliphatic rings. The van der Waals surface area contributed by atoms with Crippen LogP contribution in [-0.4, -0.2) is 43.1 Å². The number of rotatable bonds is 3. The van der Waals surface area contributed by atoms with E-state index in [2.05, 4.69) is 5.32 Å². The number of nitrogens with zero attached hydrogens (tertiary/aromatic N) is 1. The maximum atomic E-state index is 12.1. The lowest BCUT2D eigenvalue weighted by atomic mass is 10.2. The summed E-state index contributed by atoms with van der Waals surface area (Å²) in [5.74, 6) is 0.740. The smallest absolute Gasteiger partial charge is 0.260 e. The van der Waals surface area contributed by atoms with Crippen LogP contribution < -0.4 is 10.1 Å². The van der Waals surface area contributed by atoms with Crippen molar-refractivity contribution in [3.63, 3.8) is 0 Å². The van der Waals surface area contributed by atoms with Crippen molar-refractivity contribution in [1.29, 1.82) is 0 Å². The second kappa shape index (κ2) is 6.26. The Bertz CT molecular complexity index is 465. The Hall–Kier alpha value is -1.26. The third-order valence-corrected chi connectivity index (χ3v) is 3.54. The van der Waals surface area contributed by atoms with Crippen molar-refractivity contribution in [3.05, 3.63) is 28.8 Å². The normalized spacial score (nSPS) is 19.3. The van der Waals surface area contributed by atoms with Gasteiger partial charge in [0.15, 0.2) is 6.61 Å². The second-order valence-corrected chi connectivity index (χ2v) is 5.28. The van der Waals surface area contributed by atoms with Gasteiger partial charge in [0.05, 0.1) is 0 Å². The molecule has 0 bridgehead atoms. The van der Waals surface area contributed by atoms with Crippen LogP contribution in [0.5, 0.6) is 5.75 Å². The molecule has 1 amide bonds. The van der Waals surface area contributed by atoms with E-state index in [1.165, 1.54) is 0 Å². The molecule has 2 rings (SSSR count). The number of benzene rings is 1. The van der Waals surface area contributed by atoms with Crippen molar-refractivity contribution in [2.24, 2.45) is 0 Å². The van der Waals surface area contributed by atoms with Gasteiger partial charge < -0.3 is 15.0 Å². The molecule has 0 radical (unpaired) electrons. The Morgan fingerprint density at radius 1 is 1.58 bits per heavy atom. The summed E-state index contributed by atoms with van der Waals surface area (Å²) in [5.41, 5.74) is 0.939. The number of hydrogen-bond donors (Lipinski definition) is 1. The van der Waals surface area contributed by atoms with Gasteiger partial charge in [-0.1, -0.05) is 11.6 Å². The Labute approximate surface area is 118 Å². The van der Waals surface area contributed by atoms with E-state index in [0.29, 0.717) is 10.8 Å². The lowest BCUT2D eigenvalue weighted by Gasteiger charge is -2.33. The first kappa shape index (κ1) is 14.2. The number of nitrogens with one attached hydrogen (secondary N) is 1. The Balaban J connectivity index is 1.92. The van der Waals surface area contributed by atoms with E-state index in [-0.39, 0.29) is 18.6 Å². The van der Waals surface area contributed by atoms with Gasteiger partial charge in [-0.3, -0.25) is 4.79 Å². The lowest BCUT2D eigenvalue weighted by Crippen LogP contribution is -2.53. The molecule has 1 aliphatic heterocycles. The fraction of sp³-hybridized carbons (Fsp3) is 0.500. The van der Waals surface area contributed by atoms with Gasteiger partial charge in [0.2, 0.25) is 0 Å². The van der Waals surface area contributed by atoms with E-state index in [1.54, 1.807) is 12.1 Å². The van der Waals surface area contributed by atoms with Crippen LogP contribution in [0.25, 0.3) is 0 Å². The van der Waals surface area contributed by atoms with Gasteiger partial charge in [-0.25, -0.2) is 0 Å². The zero-order chi connectivity index (χ0) is 13.8. The molecule has 104 valence electrons. The van der Waals surface area contributed by atoms with Crippen molar-refractivity contribution < 1.29 is 9.53 Å². The minimum atomic E-state index is 0.0309. The standard InChI is InChI=1S/C14H19ClN2O2/c1-10-7-12(15)3-4-13(10)19-9-14(18)17-6-5-16-8-11(17)2/h3-4,7,11,16H,5-6,8-9H2,1-2H3/t11-/m1/s1. The lowest BCUT2D eigenvalue weighted by molar-refractivity contribution is -0.136. The summed E-state index contributed by atoms with van der Waals surface area (Å²) in [6.45, 7) is 6.45. The fourth-order valence-corrected chi connectivity index (χ4v) is 2.44. The summed E-state index contributed by atoms with van der Waals surface area (Å²) in [5, 5.41) is 3.93. The fourth-order valence-electron chi connectivity index (χ4n) is 2.21. The van der Waals surface area contributed by atoms with Gasteiger partial charge in [-0.05, 0) is 37.6 Å². The van der Waals surface area contributed by atoms with Gasteiger partial charge >= 0.3 is 0 Å². The molecule has 0 aliphatic carbocycles. The molecule has 1 saturated heterocycles. The quantitative estimate of drug-likeness (QED) is 0.920. The van der Waals surface area contributed by atoms with Gasteiger partial charge in [-0.15, -0.1) is 0 Å². The van der Waals surface area contributed by atoms with Crippen molar-refractivity contribution in [2.75, 3.05) is 26.2 Å². The molecular formula is C14H19ClN2O2. The maximum absolute atomic E-state index is 12.1. The van der Waals surface area contributed by atoms with Crippen LogP contribution >= 0.6 is 11.6 Å². The SMILES string of the molecule is Cc1cc(Cl)ccc1OCC(=O)N1CCNC[C@H]1C. The van der Waals surface area contributed by atoms with Gasteiger partial charge in [0.1, 0.15) is 5.75 Å². The third-order valence-electron chi connectivity index (χ3n) is 3.31. The monoisotopic (exact) mass is 282 g/mol. The van der Waals surface area contributed by atoms with Crippen LogP contribution in [0, 0.1) is 6.92 Å². The number of carbonyl (C=O) groups excluding carboxylic acids is 1. The summed E-state index contributed by atoms with van der Waals surface area (Å²) in [6, 6.07) is 5.61. The number of ether oxygens (including phenoxy) is 1. The molecule has 1 aromatic carbocycles. The number of hydrogen-bond acceptors (Lipinski definition) is 3. The largest absolute Gasteiger partial charge is 0.483 e. The first-order valence-electron chi connectivity index (χ1n) is 6.47. The van der Waals surface area contributed by atoms with Gasteiger partial charge in [0, 0.05) is 30.7 Å². The number of carbonyl (C=O) groups is 1. The number of aryl methyl sites for hydroxylation is 1. The zero-order valence-electron chi connectivity index (χ0n) is 11.3. The Morgan fingerprint density at radius 2 is 2.37 bits per heavy atom. The summed E-state index contributed by atoms with van der Waals surface area (Å²) < 4.78 is 5.58. The van der Waals surface area contributed by atoms with Crippen LogP contribution in [-0.2, 0) is 4.79 Å². The second-order valence-electron chi connectivity index (χ2n) is 4.84. The van der Waals surface area contributed by atoms with E-state index in [4.69, 9.17) is 16.3 Å². The maximum Gasteiger partial charge on any atom is 0.260 e. The van der Waals surface area contributed by atoms with E-state index in [0.717, 1.165) is 25.2 Å². The highest BCUT2D eigenvalue weighted by Crippen LogP contribution is 2.21. The summed E-state index contributed by atoms with van der Waals surface area (Å²) in [7, 11) is 0. The molecule has 0 aromatic heterocycles. The van der Waals surface area contributed by atoms with E-state index >= 15 is 0 Å². The van der Waals surface area contributed by atoms with Crippen LogP contribution in [0.2, 0.25) is 5.02 Å². The molecule has 0 spiro atoms. The van der Waals surface area contributed by atoms with Crippen molar-refractivity contribution >= 4 is 17.5 Å². The molecule has 5 heteroatoms. The first-order chi connectivity index (χ1) is 9.08. The third kappa shape index (κ3) is 3.61. The summed E-state index contributed by atoms with van der Waals surface area (Å²) in [6.07, 6.45) is 0. The number of halogens is 1. The van der Waals surface area contributed by atoms with Crippen molar-refractivity contribution in [2.45, 2.75) is 19.9 Å². The molecule has 19 heavy (non-hydrogen) atoms. The van der Waals surface area contributed by atoms with Crippen molar-refractivity contribution in [3.8, 4) is 5.75 Å². The molecule has 4 nitrogen and oxygen atoms in total. The molecule has 1 N–H and O–H groups in total. The number of amides is 1. The topological polar surface area (TPSA) is 41.6 Å².